The van der Waals surface area contributed by atoms with Crippen LogP contribution in [0.3, 0.4) is 0 Å². The molecule has 1 aliphatic rings. The summed E-state index contributed by atoms with van der Waals surface area (Å²) in [7, 11) is 0. The zero-order chi connectivity index (χ0) is 14.8. The van der Waals surface area contributed by atoms with Crippen molar-refractivity contribution in [3.63, 3.8) is 0 Å². The number of carbonyl (C=O) groups excluding carboxylic acids is 1. The van der Waals surface area contributed by atoms with Crippen LogP contribution in [-0.2, 0) is 4.79 Å². The molecule has 21 heavy (non-hydrogen) atoms. The number of carbonyl (C=O) groups is 1. The summed E-state index contributed by atoms with van der Waals surface area (Å²) in [5.74, 6) is 0.410. The molecule has 1 aromatic heterocycles. The number of nitrogens with one attached hydrogen (secondary N) is 2. The van der Waals surface area contributed by atoms with Gasteiger partial charge in [-0.15, -0.1) is 0 Å². The first-order valence-corrected chi connectivity index (χ1v) is 7.43. The number of ether oxygens (including phenoxy) is 1. The van der Waals surface area contributed by atoms with E-state index in [4.69, 9.17) is 4.74 Å². The van der Waals surface area contributed by atoms with Gasteiger partial charge in [-0.25, -0.2) is 4.98 Å². The molecule has 1 atom stereocenters. The highest BCUT2D eigenvalue weighted by molar-refractivity contribution is 9.10. The van der Waals surface area contributed by atoms with Crippen LogP contribution in [0.1, 0.15) is 18.5 Å². The standard InChI is InChI=1S/C15H14BrN3O2/c1-2-21-15-11(4-3-7-17-15)18-13-10-6-5-9(16)8-12(10)19-14(13)20/h3-8,13,18H,2H2,1H3,(H,19,20). The molecule has 5 nitrogen and oxygen atoms in total. The maximum Gasteiger partial charge on any atom is 0.251 e. The number of anilines is 2. The first kappa shape index (κ1) is 13.9. The number of rotatable bonds is 4. The third-order valence-electron chi connectivity index (χ3n) is 3.20. The number of pyridine rings is 1. The molecule has 1 amide bonds. The fourth-order valence-electron chi connectivity index (χ4n) is 2.29. The van der Waals surface area contributed by atoms with E-state index in [0.717, 1.165) is 15.7 Å². The Morgan fingerprint density at radius 3 is 3.10 bits per heavy atom. The molecule has 0 saturated heterocycles. The quantitative estimate of drug-likeness (QED) is 0.890. The second-order valence-electron chi connectivity index (χ2n) is 4.59. The van der Waals surface area contributed by atoms with Crippen molar-refractivity contribution >= 4 is 33.2 Å². The van der Waals surface area contributed by atoms with Crippen molar-refractivity contribution < 1.29 is 9.53 Å². The van der Waals surface area contributed by atoms with E-state index >= 15 is 0 Å². The summed E-state index contributed by atoms with van der Waals surface area (Å²) in [6, 6.07) is 8.94. The number of benzene rings is 1. The second-order valence-corrected chi connectivity index (χ2v) is 5.50. The Balaban J connectivity index is 1.91. The first-order valence-electron chi connectivity index (χ1n) is 6.63. The van der Waals surface area contributed by atoms with Gasteiger partial charge >= 0.3 is 0 Å². The average Bonchev–Trinajstić information content (AvgIpc) is 2.76. The number of amides is 1. The van der Waals surface area contributed by atoms with E-state index in [1.54, 1.807) is 12.3 Å². The molecular weight excluding hydrogens is 334 g/mol. The van der Waals surface area contributed by atoms with Crippen LogP contribution in [0.2, 0.25) is 0 Å². The van der Waals surface area contributed by atoms with Crippen molar-refractivity contribution in [3.8, 4) is 5.88 Å². The number of hydrogen-bond donors (Lipinski definition) is 2. The van der Waals surface area contributed by atoms with Gasteiger partial charge in [0.2, 0.25) is 5.88 Å². The number of hydrogen-bond acceptors (Lipinski definition) is 4. The summed E-state index contributed by atoms with van der Waals surface area (Å²) in [6.07, 6.45) is 1.66. The summed E-state index contributed by atoms with van der Waals surface area (Å²) in [5, 5.41) is 6.07. The summed E-state index contributed by atoms with van der Waals surface area (Å²) >= 11 is 3.40. The first-order chi connectivity index (χ1) is 10.2. The molecule has 2 aromatic rings. The van der Waals surface area contributed by atoms with Crippen molar-refractivity contribution in [2.45, 2.75) is 13.0 Å². The van der Waals surface area contributed by atoms with Gasteiger partial charge in [0.1, 0.15) is 6.04 Å². The molecule has 2 heterocycles. The normalized spacial score (nSPS) is 16.3. The molecule has 0 fully saturated rings. The molecular formula is C15H14BrN3O2. The van der Waals surface area contributed by atoms with Gasteiger partial charge in [-0.3, -0.25) is 4.79 Å². The van der Waals surface area contributed by atoms with E-state index in [1.807, 2.05) is 31.2 Å². The largest absolute Gasteiger partial charge is 0.476 e. The molecule has 6 heteroatoms. The lowest BCUT2D eigenvalue weighted by Gasteiger charge is -2.15. The Morgan fingerprint density at radius 2 is 2.29 bits per heavy atom. The lowest BCUT2D eigenvalue weighted by atomic mass is 10.1. The molecule has 0 spiro atoms. The van der Waals surface area contributed by atoms with E-state index in [0.29, 0.717) is 18.2 Å². The van der Waals surface area contributed by atoms with Crippen LogP contribution in [-0.4, -0.2) is 17.5 Å². The Hall–Kier alpha value is -2.08. The van der Waals surface area contributed by atoms with Gasteiger partial charge < -0.3 is 15.4 Å². The highest BCUT2D eigenvalue weighted by atomic mass is 79.9. The van der Waals surface area contributed by atoms with Crippen LogP contribution in [0.4, 0.5) is 11.4 Å². The monoisotopic (exact) mass is 347 g/mol. The molecule has 108 valence electrons. The van der Waals surface area contributed by atoms with Gasteiger partial charge in [0, 0.05) is 21.9 Å². The second kappa shape index (κ2) is 5.73. The van der Waals surface area contributed by atoms with Gasteiger partial charge in [-0.05, 0) is 31.2 Å². The van der Waals surface area contributed by atoms with Crippen LogP contribution >= 0.6 is 15.9 Å². The minimum atomic E-state index is -0.448. The molecule has 0 saturated carbocycles. The van der Waals surface area contributed by atoms with Crippen molar-refractivity contribution in [2.24, 2.45) is 0 Å². The predicted molar refractivity (Wildman–Crippen MR) is 84.5 cm³/mol. The van der Waals surface area contributed by atoms with Crippen molar-refractivity contribution in [1.29, 1.82) is 0 Å². The summed E-state index contributed by atoms with van der Waals surface area (Å²) < 4.78 is 6.41. The topological polar surface area (TPSA) is 63.2 Å². The molecule has 1 unspecified atom stereocenters. The Bertz CT molecular complexity index is 690. The smallest absolute Gasteiger partial charge is 0.251 e. The minimum Gasteiger partial charge on any atom is -0.476 e. The lowest BCUT2D eigenvalue weighted by Crippen LogP contribution is -2.20. The number of halogens is 1. The van der Waals surface area contributed by atoms with Gasteiger partial charge in [0.15, 0.2) is 0 Å². The molecule has 1 aromatic carbocycles. The fourth-order valence-corrected chi connectivity index (χ4v) is 2.65. The van der Waals surface area contributed by atoms with E-state index in [1.165, 1.54) is 0 Å². The van der Waals surface area contributed by atoms with Crippen LogP contribution < -0.4 is 15.4 Å². The minimum absolute atomic E-state index is 0.0885. The maximum absolute atomic E-state index is 12.2. The predicted octanol–water partition coefficient (Wildman–Crippen LogP) is 3.35. The zero-order valence-corrected chi connectivity index (χ0v) is 13.0. The molecule has 1 aliphatic heterocycles. The van der Waals surface area contributed by atoms with Gasteiger partial charge in [-0.2, -0.15) is 0 Å². The maximum atomic E-state index is 12.2. The molecule has 0 radical (unpaired) electrons. The van der Waals surface area contributed by atoms with E-state index < -0.39 is 6.04 Å². The lowest BCUT2D eigenvalue weighted by molar-refractivity contribution is -0.116. The highest BCUT2D eigenvalue weighted by Gasteiger charge is 2.31. The van der Waals surface area contributed by atoms with Crippen molar-refractivity contribution in [1.82, 2.24) is 4.98 Å². The van der Waals surface area contributed by atoms with Crippen LogP contribution in [0, 0.1) is 0 Å². The van der Waals surface area contributed by atoms with Crippen LogP contribution in [0.5, 0.6) is 5.88 Å². The van der Waals surface area contributed by atoms with Crippen molar-refractivity contribution in [2.75, 3.05) is 17.2 Å². The molecule has 2 N–H and O–H groups in total. The highest BCUT2D eigenvalue weighted by Crippen LogP contribution is 2.36. The SMILES string of the molecule is CCOc1ncccc1NC1C(=O)Nc2cc(Br)ccc21. The van der Waals surface area contributed by atoms with Gasteiger partial charge in [0.25, 0.3) is 5.91 Å². The fraction of sp³-hybridized carbons (Fsp3) is 0.200. The van der Waals surface area contributed by atoms with Gasteiger partial charge in [-0.1, -0.05) is 22.0 Å². The number of aromatic nitrogens is 1. The Kier molecular flexibility index (Phi) is 3.79. The summed E-state index contributed by atoms with van der Waals surface area (Å²) in [6.45, 7) is 2.42. The molecule has 3 rings (SSSR count). The summed E-state index contributed by atoms with van der Waals surface area (Å²) in [5.41, 5.74) is 2.43. The van der Waals surface area contributed by atoms with E-state index in [-0.39, 0.29) is 5.91 Å². The molecule has 0 aliphatic carbocycles. The number of fused-ring (bicyclic) bond motifs is 1. The van der Waals surface area contributed by atoms with Crippen LogP contribution in [0.25, 0.3) is 0 Å². The zero-order valence-electron chi connectivity index (χ0n) is 11.4. The third-order valence-corrected chi connectivity index (χ3v) is 3.69. The van der Waals surface area contributed by atoms with E-state index in [2.05, 4.69) is 31.5 Å². The van der Waals surface area contributed by atoms with Gasteiger partial charge in [0.05, 0.1) is 12.3 Å². The summed E-state index contributed by atoms with van der Waals surface area (Å²) in [4.78, 5) is 16.3. The van der Waals surface area contributed by atoms with Crippen LogP contribution in [0.15, 0.2) is 41.0 Å². The Morgan fingerprint density at radius 1 is 1.43 bits per heavy atom. The number of nitrogens with zero attached hydrogens (tertiary/aromatic N) is 1. The molecule has 0 bridgehead atoms. The van der Waals surface area contributed by atoms with E-state index in [9.17, 15) is 4.79 Å². The Labute approximate surface area is 130 Å². The third kappa shape index (κ3) is 2.71. The average molecular weight is 348 g/mol. The van der Waals surface area contributed by atoms with Crippen molar-refractivity contribution in [3.05, 3.63) is 46.6 Å².